The number of para-hydroxylation sites is 4. The molecular formula is C60H37N3O. The SMILES string of the molecule is [2H]c1c([2H])c([2H])c(-c2cccc(-c3ccc4oc5cccc(-n6c7ccccc7c7ccc(-n8c9c([2H])c([2H])c([2H])c([2H])c9c9c([2H])c(-n%10c%11c([2H])c([2H])c([2H])c([2H])c%11c%11c([2H])c([2H])c([2H])c([2H])c%11%10)c([2H])c([2H])c98)cc76)c5c4c3)c2)c([2H])c1[2H]. The van der Waals surface area contributed by atoms with Gasteiger partial charge in [-0.25, -0.2) is 0 Å². The maximum absolute atomic E-state index is 10.1. The van der Waals surface area contributed by atoms with Gasteiger partial charge in [0.2, 0.25) is 0 Å². The first kappa shape index (κ1) is 21.0. The number of hydrogen-bond donors (Lipinski definition) is 0. The summed E-state index contributed by atoms with van der Waals surface area (Å²) in [7, 11) is 0. The molecule has 298 valence electrons. The number of hydrogen-bond acceptors (Lipinski definition) is 1. The van der Waals surface area contributed by atoms with Gasteiger partial charge >= 0.3 is 0 Å². The summed E-state index contributed by atoms with van der Waals surface area (Å²) in [4.78, 5) is 0. The summed E-state index contributed by atoms with van der Waals surface area (Å²) in [5, 5.41) is 1.90. The molecule has 4 heterocycles. The molecule has 0 radical (unpaired) electrons. The van der Waals surface area contributed by atoms with Gasteiger partial charge in [-0.15, -0.1) is 0 Å². The zero-order valence-electron chi connectivity index (χ0n) is 53.1. The van der Waals surface area contributed by atoms with Crippen LogP contribution in [-0.2, 0) is 0 Å². The van der Waals surface area contributed by atoms with Crippen LogP contribution in [-0.4, -0.2) is 13.7 Å². The zero-order chi connectivity index (χ0) is 59.3. The minimum atomic E-state index is -0.740. The fourth-order valence-electron chi connectivity index (χ4n) is 9.30. The van der Waals surface area contributed by atoms with Crippen molar-refractivity contribution in [1.29, 1.82) is 0 Å². The Morgan fingerprint density at radius 3 is 1.73 bits per heavy atom. The Morgan fingerprint density at radius 1 is 0.328 bits per heavy atom. The molecule has 0 spiro atoms. The van der Waals surface area contributed by atoms with E-state index in [1.807, 2.05) is 77.4 Å². The molecule has 0 aliphatic rings. The van der Waals surface area contributed by atoms with E-state index in [1.165, 1.54) is 4.57 Å². The van der Waals surface area contributed by atoms with E-state index in [0.717, 1.165) is 26.4 Å². The van der Waals surface area contributed by atoms with E-state index in [9.17, 15) is 6.85 Å². The van der Waals surface area contributed by atoms with Gasteiger partial charge in [-0.2, -0.15) is 0 Å². The van der Waals surface area contributed by atoms with Crippen LogP contribution in [0, 0.1) is 0 Å². The van der Waals surface area contributed by atoms with Crippen LogP contribution in [0.1, 0.15) is 27.4 Å². The van der Waals surface area contributed by atoms with Crippen LogP contribution < -0.4 is 0 Å². The van der Waals surface area contributed by atoms with E-state index in [2.05, 4.69) is 0 Å². The maximum atomic E-state index is 10.1. The van der Waals surface area contributed by atoms with Gasteiger partial charge in [0.25, 0.3) is 0 Å². The number of fused-ring (bicyclic) bond motifs is 12. The standard InChI is InChI=1S/C60H37N3O/c1-2-14-38(15-3-1)39-16-12-17-40(34-39)41-28-33-58-50(35-41)60-56(26-13-27-59(60)64-58)63-54-25-11-6-20-46(54)48-31-29-43(37-57(48)63)62-53-24-10-7-21-47(53)49-36-42(30-32-55(49)62)61-51-22-8-4-18-44(51)45-19-5-9-23-52(45)61/h1-37H/i1D,2D,3D,4D,5D,7D,8D,9D,10D,14D,15D,18D,19D,21D,22D,23D,24D,30D,32D,36D. The van der Waals surface area contributed by atoms with Crippen molar-refractivity contribution in [3.63, 3.8) is 0 Å². The van der Waals surface area contributed by atoms with Gasteiger partial charge < -0.3 is 18.1 Å². The predicted octanol–water partition coefficient (Wildman–Crippen LogP) is 16.2. The van der Waals surface area contributed by atoms with Crippen molar-refractivity contribution in [3.05, 3.63) is 224 Å². The van der Waals surface area contributed by atoms with Gasteiger partial charge in [0.15, 0.2) is 0 Å². The number of nitrogens with zero attached hydrogens (tertiary/aromatic N) is 3. The molecule has 0 N–H and O–H groups in total. The third kappa shape index (κ3) is 5.05. The fourth-order valence-corrected chi connectivity index (χ4v) is 9.30. The first-order valence-corrected chi connectivity index (χ1v) is 20.3. The molecule has 0 amide bonds. The largest absolute Gasteiger partial charge is 0.456 e. The van der Waals surface area contributed by atoms with Gasteiger partial charge in [-0.1, -0.05) is 139 Å². The number of benzene rings is 10. The molecule has 4 aromatic heterocycles. The quantitative estimate of drug-likeness (QED) is 0.170. The lowest BCUT2D eigenvalue weighted by atomic mass is 9.98. The van der Waals surface area contributed by atoms with Crippen LogP contribution in [0.25, 0.3) is 127 Å². The molecule has 0 aliphatic carbocycles. The first-order chi connectivity index (χ1) is 40.1. The van der Waals surface area contributed by atoms with Crippen LogP contribution in [0.2, 0.25) is 0 Å². The van der Waals surface area contributed by atoms with E-state index in [-0.39, 0.29) is 55.9 Å². The Bertz CT molecular complexity index is 5300. The summed E-state index contributed by atoms with van der Waals surface area (Å²) in [6.45, 7) is 0. The summed E-state index contributed by atoms with van der Waals surface area (Å²) < 4.78 is 190. The van der Waals surface area contributed by atoms with E-state index >= 15 is 0 Å². The molecule has 0 fully saturated rings. The van der Waals surface area contributed by atoms with Crippen molar-refractivity contribution in [2.75, 3.05) is 0 Å². The monoisotopic (exact) mass is 835 g/mol. The molecule has 0 aliphatic heterocycles. The highest BCUT2D eigenvalue weighted by Gasteiger charge is 2.21. The smallest absolute Gasteiger partial charge is 0.137 e. The molecule has 4 heteroatoms. The molecule has 0 saturated heterocycles. The summed E-state index contributed by atoms with van der Waals surface area (Å²) in [5.41, 5.74) is 3.59. The third-order valence-electron chi connectivity index (χ3n) is 12.0. The lowest BCUT2D eigenvalue weighted by molar-refractivity contribution is 0.669. The predicted molar refractivity (Wildman–Crippen MR) is 268 cm³/mol. The second-order valence-electron chi connectivity index (χ2n) is 15.4. The molecule has 14 aromatic rings. The first-order valence-electron chi connectivity index (χ1n) is 30.3. The Balaban J connectivity index is 1.04. The summed E-state index contributed by atoms with van der Waals surface area (Å²) >= 11 is 0. The van der Waals surface area contributed by atoms with Crippen molar-refractivity contribution in [3.8, 4) is 39.3 Å². The average Bonchev–Trinajstić information content (AvgIpc) is 1.82. The Morgan fingerprint density at radius 2 is 0.953 bits per heavy atom. The van der Waals surface area contributed by atoms with Crippen LogP contribution in [0.15, 0.2) is 228 Å². The van der Waals surface area contributed by atoms with Crippen molar-refractivity contribution in [2.45, 2.75) is 0 Å². The highest BCUT2D eigenvalue weighted by molar-refractivity contribution is 6.16. The maximum Gasteiger partial charge on any atom is 0.137 e. The molecule has 4 nitrogen and oxygen atoms in total. The van der Waals surface area contributed by atoms with Crippen molar-refractivity contribution in [1.82, 2.24) is 13.7 Å². The molecular weight excluding hydrogens is 779 g/mol. The van der Waals surface area contributed by atoms with E-state index in [1.54, 1.807) is 30.3 Å². The van der Waals surface area contributed by atoms with Crippen LogP contribution in [0.3, 0.4) is 0 Å². The van der Waals surface area contributed by atoms with Gasteiger partial charge in [0, 0.05) is 49.1 Å². The van der Waals surface area contributed by atoms with Gasteiger partial charge in [-0.3, -0.25) is 0 Å². The van der Waals surface area contributed by atoms with E-state index in [4.69, 9.17) is 25.0 Å². The minimum absolute atomic E-state index is 0.0664. The van der Waals surface area contributed by atoms with Crippen LogP contribution in [0.4, 0.5) is 0 Å². The second kappa shape index (κ2) is 13.4. The number of aromatic nitrogens is 3. The summed E-state index contributed by atoms with van der Waals surface area (Å²) in [6.07, 6.45) is 0. The molecule has 10 aromatic carbocycles. The molecule has 0 bridgehead atoms. The van der Waals surface area contributed by atoms with Gasteiger partial charge in [-0.05, 0) is 107 Å². The molecule has 0 saturated carbocycles. The average molecular weight is 836 g/mol. The topological polar surface area (TPSA) is 27.9 Å². The van der Waals surface area contributed by atoms with Crippen molar-refractivity contribution in [2.24, 2.45) is 0 Å². The van der Waals surface area contributed by atoms with Crippen LogP contribution >= 0.6 is 0 Å². The molecule has 64 heavy (non-hydrogen) atoms. The lowest BCUT2D eigenvalue weighted by Crippen LogP contribution is -1.98. The summed E-state index contributed by atoms with van der Waals surface area (Å²) in [5.74, 6) is 0. The number of rotatable bonds is 5. The second-order valence-corrected chi connectivity index (χ2v) is 15.4. The lowest BCUT2D eigenvalue weighted by Gasteiger charge is -2.13. The minimum Gasteiger partial charge on any atom is -0.456 e. The normalized spacial score (nSPS) is 16.4. The Hall–Kier alpha value is -8.60. The van der Waals surface area contributed by atoms with E-state index in [0.29, 0.717) is 44.3 Å². The summed E-state index contributed by atoms with van der Waals surface area (Å²) in [6, 6.07) is 19.4. The van der Waals surface area contributed by atoms with E-state index < -0.39 is 125 Å². The molecule has 14 rings (SSSR count). The van der Waals surface area contributed by atoms with Crippen molar-refractivity contribution >= 4 is 87.4 Å². The Kier molecular flexibility index (Phi) is 4.41. The fraction of sp³-hybridized carbons (Fsp3) is 0. The Labute approximate surface area is 395 Å². The molecule has 0 unspecified atom stereocenters. The van der Waals surface area contributed by atoms with Gasteiger partial charge in [0.05, 0.1) is 71.6 Å². The van der Waals surface area contributed by atoms with Gasteiger partial charge in [0.1, 0.15) is 11.2 Å². The van der Waals surface area contributed by atoms with Crippen LogP contribution in [0.5, 0.6) is 0 Å². The highest BCUT2D eigenvalue weighted by Crippen LogP contribution is 2.42. The third-order valence-corrected chi connectivity index (χ3v) is 12.0. The highest BCUT2D eigenvalue weighted by atomic mass is 16.3. The number of furan rings is 1. The zero-order valence-corrected chi connectivity index (χ0v) is 33.1. The molecule has 0 atom stereocenters. The van der Waals surface area contributed by atoms with Crippen molar-refractivity contribution < 1.29 is 31.8 Å².